The fourth-order valence-corrected chi connectivity index (χ4v) is 2.91. The van der Waals surface area contributed by atoms with Crippen LogP contribution in [0.4, 0.5) is 0 Å². The molecule has 1 aromatic rings. The average Bonchev–Trinajstić information content (AvgIpc) is 2.11. The molecule has 0 aliphatic carbocycles. The van der Waals surface area contributed by atoms with Crippen molar-refractivity contribution < 1.29 is 51.4 Å². The summed E-state index contributed by atoms with van der Waals surface area (Å²) in [5.74, 6) is 0. The molecule has 0 fully saturated rings. The van der Waals surface area contributed by atoms with E-state index < -0.39 is 0 Å². The first-order valence-electron chi connectivity index (χ1n) is 7.11. The second kappa shape index (κ2) is 6.68. The molecule has 0 bridgehead atoms. The molecule has 1 rings (SSSR count). The van der Waals surface area contributed by atoms with Crippen molar-refractivity contribution in [2.24, 2.45) is 0 Å². The Labute approximate surface area is 174 Å². The Morgan fingerprint density at radius 1 is 0.650 bits per heavy atom. The fraction of sp³-hybridized carbons (Fsp3) is 0.667. The van der Waals surface area contributed by atoms with Gasteiger partial charge in [0.15, 0.2) is 0 Å². The molecule has 108 valence electrons. The van der Waals surface area contributed by atoms with Crippen molar-refractivity contribution in [1.82, 2.24) is 0 Å². The smallest absolute Gasteiger partial charge is 0.779 e. The van der Waals surface area contributed by atoms with Crippen molar-refractivity contribution in [1.29, 1.82) is 0 Å². The summed E-state index contributed by atoms with van der Waals surface area (Å²) in [4.78, 5) is 1.05. The van der Waals surface area contributed by atoms with Crippen LogP contribution >= 0.6 is 0 Å². The van der Waals surface area contributed by atoms with E-state index in [1.165, 1.54) is 16.7 Å². The zero-order valence-electron chi connectivity index (χ0n) is 15.1. The molecule has 0 amide bonds. The summed E-state index contributed by atoms with van der Waals surface area (Å²) in [6, 6.07) is 4.63. The topological polar surface area (TPSA) is 0 Å². The van der Waals surface area contributed by atoms with Crippen LogP contribution in [-0.2, 0) is 28.9 Å². The van der Waals surface area contributed by atoms with Gasteiger partial charge in [-0.2, -0.15) is 4.90 Å². The Bertz CT molecular complexity index is 433. The summed E-state index contributed by atoms with van der Waals surface area (Å²) in [5, 5.41) is 0. The van der Waals surface area contributed by atoms with Crippen LogP contribution in [0.2, 0.25) is 0 Å². The molecule has 0 spiro atoms. The predicted octanol–water partition coefficient (Wildman–Crippen LogP) is 2.49. The first-order valence-corrected chi connectivity index (χ1v) is 7.52. The molecule has 0 saturated heterocycles. The van der Waals surface area contributed by atoms with E-state index >= 15 is 0 Å². The molecule has 0 heterocycles. The van der Waals surface area contributed by atoms with Gasteiger partial charge < -0.3 is 12.6 Å². The van der Waals surface area contributed by atoms with Crippen LogP contribution in [-0.4, -0.2) is 0 Å². The van der Waals surface area contributed by atoms with Crippen molar-refractivity contribution in [3.05, 3.63) is 28.8 Å². The molecule has 0 radical (unpaired) electrons. The average molecular weight is 317 g/mol. The zero-order chi connectivity index (χ0) is 15.2. The quantitative estimate of drug-likeness (QED) is 0.523. The summed E-state index contributed by atoms with van der Waals surface area (Å²) < 4.78 is 0. The molecule has 0 unspecified atom stereocenters. The number of hydrogen-bond acceptors (Lipinski definition) is 1. The minimum Gasteiger partial charge on any atom is -0.779 e. The fourth-order valence-electron chi connectivity index (χ4n) is 2.18. The zero-order valence-corrected chi connectivity index (χ0v) is 19.0. The van der Waals surface area contributed by atoms with E-state index in [2.05, 4.69) is 74.4 Å². The Morgan fingerprint density at radius 3 is 1.15 bits per heavy atom. The van der Waals surface area contributed by atoms with Gasteiger partial charge in [0.25, 0.3) is 0 Å². The third kappa shape index (κ3) is 5.07. The Kier molecular flexibility index (Phi) is 7.04. The maximum atomic E-state index is 5.77. The van der Waals surface area contributed by atoms with Gasteiger partial charge in [0.2, 0.25) is 0 Å². The van der Waals surface area contributed by atoms with Gasteiger partial charge in [-0.3, -0.25) is 0 Å². The third-order valence-corrected chi connectivity index (χ3v) is 4.01. The molecule has 20 heavy (non-hydrogen) atoms. The van der Waals surface area contributed by atoms with Crippen LogP contribution in [0.5, 0.6) is 0 Å². The summed E-state index contributed by atoms with van der Waals surface area (Å²) in [6.07, 6.45) is 0. The standard InChI is InChI=1S/C18H30S.K/c1-16(2,3)12-10-13(17(4,5)6)15(19)14(11-12)18(7,8)9;/h10-11,19H,1-9H3;/q;+1/p-1. The third-order valence-electron chi connectivity index (χ3n) is 3.57. The van der Waals surface area contributed by atoms with Crippen LogP contribution in [0.15, 0.2) is 17.0 Å². The predicted molar refractivity (Wildman–Crippen MR) is 88.2 cm³/mol. The number of hydrogen-bond donors (Lipinski definition) is 0. The number of benzene rings is 1. The largest absolute Gasteiger partial charge is 1.00 e. The molecule has 0 nitrogen and oxygen atoms in total. The second-order valence-electron chi connectivity index (χ2n) is 8.65. The SMILES string of the molecule is CC(C)(C)c1cc(C(C)(C)C)c([S-])c(C(C)(C)C)c1.[K+]. The van der Waals surface area contributed by atoms with Gasteiger partial charge in [0.1, 0.15) is 0 Å². The molecule has 1 aromatic carbocycles. The molecule has 0 saturated carbocycles. The van der Waals surface area contributed by atoms with E-state index in [4.69, 9.17) is 12.6 Å². The van der Waals surface area contributed by atoms with E-state index in [-0.39, 0.29) is 67.6 Å². The molecular weight excluding hydrogens is 287 g/mol. The summed E-state index contributed by atoms with van der Waals surface area (Å²) in [5.41, 5.74) is 4.34. The van der Waals surface area contributed by atoms with Gasteiger partial charge in [0.05, 0.1) is 0 Å². The van der Waals surface area contributed by atoms with E-state index in [9.17, 15) is 0 Å². The van der Waals surface area contributed by atoms with Gasteiger partial charge in [-0.15, -0.1) is 0 Å². The molecule has 0 atom stereocenters. The molecule has 2 heteroatoms. The Morgan fingerprint density at radius 2 is 0.950 bits per heavy atom. The van der Waals surface area contributed by atoms with Crippen LogP contribution < -0.4 is 51.4 Å². The minimum atomic E-state index is 0. The normalized spacial score (nSPS) is 13.1. The Balaban J connectivity index is 0.00000361. The summed E-state index contributed by atoms with van der Waals surface area (Å²) in [6.45, 7) is 20.3. The van der Waals surface area contributed by atoms with Crippen LogP contribution in [0.25, 0.3) is 0 Å². The van der Waals surface area contributed by atoms with Gasteiger partial charge in [0, 0.05) is 0 Å². The summed E-state index contributed by atoms with van der Waals surface area (Å²) in [7, 11) is 0. The van der Waals surface area contributed by atoms with Crippen molar-refractivity contribution >= 4 is 12.6 Å². The van der Waals surface area contributed by atoms with Gasteiger partial charge in [-0.05, 0) is 21.8 Å². The monoisotopic (exact) mass is 316 g/mol. The van der Waals surface area contributed by atoms with Crippen LogP contribution in [0.1, 0.15) is 79.0 Å². The van der Waals surface area contributed by atoms with Gasteiger partial charge in [-0.25, -0.2) is 0 Å². The van der Waals surface area contributed by atoms with E-state index in [1.807, 2.05) is 0 Å². The second-order valence-corrected chi connectivity index (χ2v) is 9.06. The molecule has 0 N–H and O–H groups in total. The van der Waals surface area contributed by atoms with E-state index in [0.29, 0.717) is 0 Å². The van der Waals surface area contributed by atoms with Crippen LogP contribution in [0, 0.1) is 0 Å². The first-order chi connectivity index (χ1) is 8.24. The van der Waals surface area contributed by atoms with Crippen molar-refractivity contribution in [2.75, 3.05) is 0 Å². The maximum absolute atomic E-state index is 5.77. The Hall–Kier alpha value is 1.08. The van der Waals surface area contributed by atoms with Crippen molar-refractivity contribution in [3.8, 4) is 0 Å². The molecule has 0 aromatic heterocycles. The van der Waals surface area contributed by atoms with Crippen molar-refractivity contribution in [3.63, 3.8) is 0 Å². The van der Waals surface area contributed by atoms with E-state index in [1.54, 1.807) is 0 Å². The van der Waals surface area contributed by atoms with E-state index in [0.717, 1.165) is 4.90 Å². The maximum Gasteiger partial charge on any atom is 1.00 e. The molecular formula is C18H29KS. The summed E-state index contributed by atoms with van der Waals surface area (Å²) >= 11 is 5.77. The van der Waals surface area contributed by atoms with Crippen LogP contribution in [0.3, 0.4) is 0 Å². The minimum absolute atomic E-state index is 0. The molecule has 0 aliphatic rings. The van der Waals surface area contributed by atoms with Gasteiger partial charge >= 0.3 is 51.4 Å². The van der Waals surface area contributed by atoms with Gasteiger partial charge in [-0.1, -0.05) is 85.6 Å². The number of rotatable bonds is 0. The molecule has 0 aliphatic heterocycles. The first kappa shape index (κ1) is 21.1. The van der Waals surface area contributed by atoms with Crippen molar-refractivity contribution in [2.45, 2.75) is 83.5 Å².